The van der Waals surface area contributed by atoms with Gasteiger partial charge in [0.1, 0.15) is 0 Å². The summed E-state index contributed by atoms with van der Waals surface area (Å²) in [4.78, 5) is 14.3. The lowest BCUT2D eigenvalue weighted by Crippen LogP contribution is -2.39. The molecule has 1 unspecified atom stereocenters. The largest absolute Gasteiger partial charge is 0.338 e. The molecule has 4 nitrogen and oxygen atoms in total. The van der Waals surface area contributed by atoms with Gasteiger partial charge in [0.25, 0.3) is 5.91 Å². The van der Waals surface area contributed by atoms with Crippen LogP contribution in [0.5, 0.6) is 0 Å². The smallest absolute Gasteiger partial charge is 0.255 e. The summed E-state index contributed by atoms with van der Waals surface area (Å²) in [6, 6.07) is 9.52. The fraction of sp³-hybridized carbons (Fsp3) is 0.353. The summed E-state index contributed by atoms with van der Waals surface area (Å²) in [5.41, 5.74) is 9.21. The van der Waals surface area contributed by atoms with Crippen molar-refractivity contribution in [1.82, 2.24) is 9.47 Å². The average Bonchev–Trinajstić information content (AvgIpc) is 2.79. The second kappa shape index (κ2) is 7.86. The van der Waals surface area contributed by atoms with E-state index in [4.69, 9.17) is 17.3 Å². The first-order valence-corrected chi connectivity index (χ1v) is 7.66. The van der Waals surface area contributed by atoms with Crippen LogP contribution in [-0.2, 0) is 0 Å². The van der Waals surface area contributed by atoms with Crippen LogP contribution in [0.25, 0.3) is 5.69 Å². The quantitative estimate of drug-likeness (QED) is 0.910. The molecule has 1 aromatic heterocycles. The van der Waals surface area contributed by atoms with Crippen molar-refractivity contribution in [3.05, 3.63) is 52.3 Å². The number of nitrogens with zero attached hydrogens (tertiary/aromatic N) is 2. The summed E-state index contributed by atoms with van der Waals surface area (Å²) in [5.74, 6) is -0.0145. The van der Waals surface area contributed by atoms with E-state index in [2.05, 4.69) is 0 Å². The number of nitrogens with two attached hydrogens (primary N) is 1. The summed E-state index contributed by atoms with van der Waals surface area (Å²) < 4.78 is 2.04. The molecule has 0 aliphatic rings. The SMILES string of the molecule is Cc1cc(C(=O)N(C)C(C)CN)c(C)n1-c1cccc(Cl)c1.Cl. The molecule has 2 aromatic rings. The third-order valence-corrected chi connectivity index (χ3v) is 4.29. The average molecular weight is 356 g/mol. The Bertz CT molecular complexity index is 697. The van der Waals surface area contributed by atoms with Crippen molar-refractivity contribution >= 4 is 29.9 Å². The monoisotopic (exact) mass is 355 g/mol. The number of halogens is 2. The van der Waals surface area contributed by atoms with E-state index in [-0.39, 0.29) is 24.4 Å². The third-order valence-electron chi connectivity index (χ3n) is 4.05. The van der Waals surface area contributed by atoms with Gasteiger partial charge in [-0.1, -0.05) is 17.7 Å². The van der Waals surface area contributed by atoms with E-state index in [0.29, 0.717) is 17.1 Å². The van der Waals surface area contributed by atoms with Crippen LogP contribution < -0.4 is 5.73 Å². The predicted octanol–water partition coefficient (Wildman–Crippen LogP) is 3.59. The third kappa shape index (κ3) is 3.89. The van der Waals surface area contributed by atoms with Crippen LogP contribution in [0.3, 0.4) is 0 Å². The lowest BCUT2D eigenvalue weighted by molar-refractivity contribution is 0.0747. The highest BCUT2D eigenvalue weighted by atomic mass is 35.5. The number of aryl methyl sites for hydroxylation is 1. The number of rotatable bonds is 4. The molecule has 1 atom stereocenters. The lowest BCUT2D eigenvalue weighted by atomic mass is 10.2. The molecule has 0 radical (unpaired) electrons. The summed E-state index contributed by atoms with van der Waals surface area (Å²) in [6.45, 7) is 6.31. The minimum atomic E-state index is -0.0145. The molecule has 1 heterocycles. The van der Waals surface area contributed by atoms with E-state index < -0.39 is 0 Å². The van der Waals surface area contributed by atoms with Crippen molar-refractivity contribution in [3.63, 3.8) is 0 Å². The van der Waals surface area contributed by atoms with Gasteiger partial charge in [-0.3, -0.25) is 4.79 Å². The molecule has 0 aliphatic heterocycles. The Labute approximate surface area is 148 Å². The van der Waals surface area contributed by atoms with Crippen molar-refractivity contribution in [2.24, 2.45) is 5.73 Å². The summed E-state index contributed by atoms with van der Waals surface area (Å²) in [6.07, 6.45) is 0. The fourth-order valence-corrected chi connectivity index (χ4v) is 2.72. The normalized spacial score (nSPS) is 11.7. The molecule has 126 valence electrons. The van der Waals surface area contributed by atoms with Gasteiger partial charge >= 0.3 is 0 Å². The zero-order chi connectivity index (χ0) is 16.4. The number of carbonyl (C=O) groups is 1. The lowest BCUT2D eigenvalue weighted by Gasteiger charge is -2.23. The van der Waals surface area contributed by atoms with Crippen LogP contribution in [-0.4, -0.2) is 35.0 Å². The molecule has 0 bridgehead atoms. The minimum absolute atomic E-state index is 0. The van der Waals surface area contributed by atoms with E-state index in [1.165, 1.54) is 0 Å². The highest BCUT2D eigenvalue weighted by Crippen LogP contribution is 2.24. The Hall–Kier alpha value is -1.49. The van der Waals surface area contributed by atoms with Gasteiger partial charge in [0.15, 0.2) is 0 Å². The number of likely N-dealkylation sites (N-methyl/N-ethyl adjacent to an activating group) is 1. The van der Waals surface area contributed by atoms with Crippen molar-refractivity contribution in [2.45, 2.75) is 26.8 Å². The second-order valence-electron chi connectivity index (χ2n) is 5.60. The first-order valence-electron chi connectivity index (χ1n) is 7.29. The van der Waals surface area contributed by atoms with E-state index in [0.717, 1.165) is 17.1 Å². The molecule has 0 saturated carbocycles. The maximum Gasteiger partial charge on any atom is 0.255 e. The van der Waals surface area contributed by atoms with Crippen molar-refractivity contribution in [3.8, 4) is 5.69 Å². The number of benzene rings is 1. The van der Waals surface area contributed by atoms with Gasteiger partial charge in [-0.15, -0.1) is 12.4 Å². The number of amides is 1. The first kappa shape index (κ1) is 19.6. The maximum atomic E-state index is 12.7. The van der Waals surface area contributed by atoms with Crippen molar-refractivity contribution in [1.29, 1.82) is 0 Å². The second-order valence-corrected chi connectivity index (χ2v) is 6.04. The van der Waals surface area contributed by atoms with Gasteiger partial charge in [0.05, 0.1) is 5.56 Å². The molecule has 23 heavy (non-hydrogen) atoms. The van der Waals surface area contributed by atoms with Crippen molar-refractivity contribution < 1.29 is 4.79 Å². The Morgan fingerprint density at radius 2 is 2.00 bits per heavy atom. The first-order chi connectivity index (χ1) is 10.4. The summed E-state index contributed by atoms with van der Waals surface area (Å²) >= 11 is 6.08. The minimum Gasteiger partial charge on any atom is -0.338 e. The zero-order valence-electron chi connectivity index (χ0n) is 13.8. The molecule has 1 aromatic carbocycles. The highest BCUT2D eigenvalue weighted by Gasteiger charge is 2.22. The van der Waals surface area contributed by atoms with E-state index >= 15 is 0 Å². The number of hydrogen-bond donors (Lipinski definition) is 1. The zero-order valence-corrected chi connectivity index (χ0v) is 15.4. The molecule has 2 N–H and O–H groups in total. The van der Waals surface area contributed by atoms with E-state index in [1.807, 2.05) is 55.7 Å². The predicted molar refractivity (Wildman–Crippen MR) is 98.1 cm³/mol. The molecule has 1 amide bonds. The van der Waals surface area contributed by atoms with Gasteiger partial charge in [0, 0.05) is 41.7 Å². The van der Waals surface area contributed by atoms with Crippen LogP contribution in [0.2, 0.25) is 5.02 Å². The molecule has 0 spiro atoms. The molecular formula is C17H23Cl2N3O. The number of hydrogen-bond acceptors (Lipinski definition) is 2. The van der Waals surface area contributed by atoms with Crippen LogP contribution in [0, 0.1) is 13.8 Å². The maximum absolute atomic E-state index is 12.7. The van der Waals surface area contributed by atoms with Gasteiger partial charge in [0.2, 0.25) is 0 Å². The number of aromatic nitrogens is 1. The van der Waals surface area contributed by atoms with Gasteiger partial charge < -0.3 is 15.2 Å². The molecular weight excluding hydrogens is 333 g/mol. The summed E-state index contributed by atoms with van der Waals surface area (Å²) in [7, 11) is 1.78. The summed E-state index contributed by atoms with van der Waals surface area (Å²) in [5, 5.41) is 0.673. The molecule has 0 aliphatic carbocycles. The standard InChI is InChI=1S/C17H22ClN3O.ClH/c1-11-8-16(17(22)20(4)12(2)10-19)13(3)21(11)15-7-5-6-14(18)9-15;/h5-9,12H,10,19H2,1-4H3;1H. The van der Waals surface area contributed by atoms with Gasteiger partial charge in [-0.05, 0) is 45.0 Å². The Kier molecular flexibility index (Phi) is 6.69. The number of carbonyl (C=O) groups excluding carboxylic acids is 1. The molecule has 2 rings (SSSR count). The Morgan fingerprint density at radius 3 is 2.57 bits per heavy atom. The van der Waals surface area contributed by atoms with E-state index in [1.54, 1.807) is 11.9 Å². The van der Waals surface area contributed by atoms with Gasteiger partial charge in [-0.2, -0.15) is 0 Å². The van der Waals surface area contributed by atoms with Crippen LogP contribution in [0.1, 0.15) is 28.7 Å². The van der Waals surface area contributed by atoms with Crippen LogP contribution in [0.4, 0.5) is 0 Å². The fourth-order valence-electron chi connectivity index (χ4n) is 2.54. The molecule has 0 fully saturated rings. The molecule has 6 heteroatoms. The van der Waals surface area contributed by atoms with E-state index in [9.17, 15) is 4.79 Å². The van der Waals surface area contributed by atoms with Crippen molar-refractivity contribution in [2.75, 3.05) is 13.6 Å². The topological polar surface area (TPSA) is 51.3 Å². The molecule has 0 saturated heterocycles. The Morgan fingerprint density at radius 1 is 1.35 bits per heavy atom. The van der Waals surface area contributed by atoms with Crippen LogP contribution in [0.15, 0.2) is 30.3 Å². The Balaban J connectivity index is 0.00000264. The van der Waals surface area contributed by atoms with Gasteiger partial charge in [-0.25, -0.2) is 0 Å². The highest BCUT2D eigenvalue weighted by molar-refractivity contribution is 6.30. The van der Waals surface area contributed by atoms with Crippen LogP contribution >= 0.6 is 24.0 Å².